The van der Waals surface area contributed by atoms with E-state index in [1.54, 1.807) is 37.5 Å². The number of benzene rings is 2. The molecule has 1 heterocycles. The van der Waals surface area contributed by atoms with E-state index in [4.69, 9.17) is 9.47 Å². The van der Waals surface area contributed by atoms with Crippen LogP contribution in [0, 0.1) is 5.92 Å². The van der Waals surface area contributed by atoms with Crippen LogP contribution >= 0.6 is 0 Å². The van der Waals surface area contributed by atoms with Crippen molar-refractivity contribution in [2.24, 2.45) is 5.92 Å². The number of rotatable bonds is 8. The number of ether oxygens (including phenoxy) is 2. The summed E-state index contributed by atoms with van der Waals surface area (Å²) in [5.41, 5.74) is 0.760. The third-order valence-electron chi connectivity index (χ3n) is 9.03. The molecule has 208 valence electrons. The van der Waals surface area contributed by atoms with Gasteiger partial charge < -0.3 is 19.5 Å². The highest BCUT2D eigenvalue weighted by molar-refractivity contribution is 5.91. The molecular weight excluding hydrogens is 492 g/mol. The van der Waals surface area contributed by atoms with Crippen molar-refractivity contribution in [2.45, 2.75) is 62.5 Å². The summed E-state index contributed by atoms with van der Waals surface area (Å²) in [6.45, 7) is 4.21. The average Bonchev–Trinajstić information content (AvgIpc) is 3.74. The van der Waals surface area contributed by atoms with Crippen LogP contribution in [0.2, 0.25) is 0 Å². The number of carbonyl (C=O) groups excluding carboxylic acids is 2. The third kappa shape index (κ3) is 5.69. The highest BCUT2D eigenvalue weighted by Gasteiger charge is 2.61. The number of likely N-dealkylation sites (tertiary alicyclic amines) is 1. The second-order valence-corrected chi connectivity index (χ2v) is 11.6. The molecule has 0 unspecified atom stereocenters. The Morgan fingerprint density at radius 2 is 1.92 bits per heavy atom. The number of likely N-dealkylation sites (N-methyl/N-ethyl adjacent to an activating group) is 1. The van der Waals surface area contributed by atoms with Crippen molar-refractivity contribution in [3.63, 3.8) is 0 Å². The fraction of sp³-hybridized carbons (Fsp3) is 0.500. The fourth-order valence-electron chi connectivity index (χ4n) is 6.83. The van der Waals surface area contributed by atoms with Crippen LogP contribution in [-0.4, -0.2) is 72.2 Å². The van der Waals surface area contributed by atoms with Gasteiger partial charge in [-0.25, -0.2) is 0 Å². The summed E-state index contributed by atoms with van der Waals surface area (Å²) in [4.78, 5) is 30.2. The lowest BCUT2D eigenvalue weighted by atomic mass is 9.55. The number of methoxy groups -OCH3 is 1. The number of phenols is 1. The number of esters is 1. The number of fused-ring (bicyclic) bond motifs is 1. The Labute approximate surface area is 231 Å². The van der Waals surface area contributed by atoms with Crippen LogP contribution in [-0.2, 0) is 19.7 Å². The first-order chi connectivity index (χ1) is 18.7. The summed E-state index contributed by atoms with van der Waals surface area (Å²) in [5, 5.41) is 9.75. The molecule has 0 spiro atoms. The third-order valence-corrected chi connectivity index (χ3v) is 9.03. The molecule has 2 saturated carbocycles. The molecule has 2 aromatic carbocycles. The highest BCUT2D eigenvalue weighted by atomic mass is 16.6. The fourth-order valence-corrected chi connectivity index (χ4v) is 6.83. The van der Waals surface area contributed by atoms with E-state index in [0.717, 1.165) is 48.7 Å². The van der Waals surface area contributed by atoms with Crippen LogP contribution in [0.1, 0.15) is 56.6 Å². The topological polar surface area (TPSA) is 79.3 Å². The first-order valence-electron chi connectivity index (χ1n) is 14.0. The van der Waals surface area contributed by atoms with Gasteiger partial charge in [-0.2, -0.15) is 0 Å². The van der Waals surface area contributed by atoms with E-state index in [2.05, 4.69) is 17.0 Å². The first kappa shape index (κ1) is 27.3. The van der Waals surface area contributed by atoms with E-state index < -0.39 is 11.0 Å². The van der Waals surface area contributed by atoms with Gasteiger partial charge >= 0.3 is 5.97 Å². The van der Waals surface area contributed by atoms with E-state index >= 15 is 0 Å². The Hall–Kier alpha value is -3.32. The minimum atomic E-state index is -0.671. The number of amides is 1. The molecular formula is C32H40N2O5. The molecule has 7 heteroatoms. The number of carbonyl (C=O) groups is 2. The number of aromatic hydroxyl groups is 1. The molecule has 1 N–H and O–H groups in total. The van der Waals surface area contributed by atoms with E-state index in [-0.39, 0.29) is 23.7 Å². The summed E-state index contributed by atoms with van der Waals surface area (Å²) in [7, 11) is 3.53. The standard InChI is InChI=1S/C32H40N2O5/c1-23(35)39-32-15-14-27(33(2)30(37)13-12-24-6-4-8-28(36)18-24)20-31(32,26-7-5-9-29(19-26)38-3)16-17-34(22-32)21-25-10-11-25/h4-9,12-13,18-19,25,27,36H,10-11,14-17,20-22H2,1-3H3/t27-,31+,32+/m1/s1. The summed E-state index contributed by atoms with van der Waals surface area (Å²) in [6, 6.07) is 15.0. The lowest BCUT2D eigenvalue weighted by molar-refractivity contribution is -0.190. The maximum atomic E-state index is 13.3. The predicted molar refractivity (Wildman–Crippen MR) is 150 cm³/mol. The molecule has 39 heavy (non-hydrogen) atoms. The van der Waals surface area contributed by atoms with Gasteiger partial charge in [0.25, 0.3) is 0 Å². The van der Waals surface area contributed by atoms with Gasteiger partial charge in [0.15, 0.2) is 0 Å². The maximum absolute atomic E-state index is 13.3. The maximum Gasteiger partial charge on any atom is 0.303 e. The number of phenolic OH excluding ortho intramolecular Hbond substituents is 1. The Kier molecular flexibility index (Phi) is 7.72. The Bertz CT molecular complexity index is 1240. The highest BCUT2D eigenvalue weighted by Crippen LogP contribution is 2.55. The van der Waals surface area contributed by atoms with Crippen molar-refractivity contribution < 1.29 is 24.2 Å². The van der Waals surface area contributed by atoms with E-state index in [9.17, 15) is 14.7 Å². The number of nitrogens with zero attached hydrogens (tertiary/aromatic N) is 2. The zero-order valence-corrected chi connectivity index (χ0v) is 23.3. The normalized spacial score (nSPS) is 27.1. The van der Waals surface area contributed by atoms with Crippen LogP contribution < -0.4 is 4.74 Å². The van der Waals surface area contributed by atoms with Crippen LogP contribution in [0.25, 0.3) is 6.08 Å². The predicted octanol–water partition coefficient (Wildman–Crippen LogP) is 4.78. The molecule has 2 aromatic rings. The van der Waals surface area contributed by atoms with Gasteiger partial charge in [0, 0.05) is 44.6 Å². The molecule has 3 atom stereocenters. The molecule has 3 fully saturated rings. The second kappa shape index (κ2) is 11.0. The molecule has 5 rings (SSSR count). The molecule has 7 nitrogen and oxygen atoms in total. The zero-order chi connectivity index (χ0) is 27.6. The van der Waals surface area contributed by atoms with Crippen LogP contribution in [0.3, 0.4) is 0 Å². The van der Waals surface area contributed by atoms with Gasteiger partial charge in [0.1, 0.15) is 17.1 Å². The summed E-state index contributed by atoms with van der Waals surface area (Å²) in [6.07, 6.45) is 8.84. The quantitative estimate of drug-likeness (QED) is 0.389. The van der Waals surface area contributed by atoms with Gasteiger partial charge in [-0.3, -0.25) is 14.5 Å². The van der Waals surface area contributed by atoms with Gasteiger partial charge in [-0.15, -0.1) is 0 Å². The minimum absolute atomic E-state index is 0.0174. The van der Waals surface area contributed by atoms with Crippen LogP contribution in [0.4, 0.5) is 0 Å². The number of hydrogen-bond donors (Lipinski definition) is 1. The molecule has 1 saturated heterocycles. The molecule has 2 aliphatic carbocycles. The molecule has 0 radical (unpaired) electrons. The SMILES string of the molecule is COc1cccc([C@@]23CCN(CC4CC4)C[C@@]2(OC(C)=O)CC[C@@H](N(C)C(=O)C=Cc2cccc(O)c2)C3)c1. The average molecular weight is 533 g/mol. The summed E-state index contributed by atoms with van der Waals surface area (Å²) < 4.78 is 12.0. The Morgan fingerprint density at radius 3 is 2.64 bits per heavy atom. The van der Waals surface area contributed by atoms with Crippen molar-refractivity contribution >= 4 is 18.0 Å². The van der Waals surface area contributed by atoms with E-state index in [0.29, 0.717) is 19.4 Å². The zero-order valence-electron chi connectivity index (χ0n) is 23.3. The van der Waals surface area contributed by atoms with Crippen molar-refractivity contribution in [1.29, 1.82) is 0 Å². The summed E-state index contributed by atoms with van der Waals surface area (Å²) in [5.74, 6) is 1.35. The van der Waals surface area contributed by atoms with E-state index in [1.165, 1.54) is 19.8 Å². The largest absolute Gasteiger partial charge is 0.508 e. The van der Waals surface area contributed by atoms with Crippen molar-refractivity contribution in [3.05, 3.63) is 65.7 Å². The monoisotopic (exact) mass is 532 g/mol. The van der Waals surface area contributed by atoms with Gasteiger partial charge in [0.2, 0.25) is 5.91 Å². The lowest BCUT2D eigenvalue weighted by Gasteiger charge is -2.60. The first-order valence-corrected chi connectivity index (χ1v) is 14.0. The van der Waals surface area contributed by atoms with Gasteiger partial charge in [-0.05, 0) is 92.5 Å². The summed E-state index contributed by atoms with van der Waals surface area (Å²) >= 11 is 0. The van der Waals surface area contributed by atoms with E-state index in [1.807, 2.05) is 30.1 Å². The van der Waals surface area contributed by atoms with Gasteiger partial charge in [0.05, 0.1) is 7.11 Å². The van der Waals surface area contributed by atoms with Crippen LogP contribution in [0.5, 0.6) is 11.5 Å². The molecule has 3 aliphatic rings. The Morgan fingerprint density at radius 1 is 1.13 bits per heavy atom. The van der Waals surface area contributed by atoms with Crippen molar-refractivity contribution in [2.75, 3.05) is 33.8 Å². The van der Waals surface area contributed by atoms with Crippen LogP contribution in [0.15, 0.2) is 54.6 Å². The molecule has 0 aromatic heterocycles. The lowest BCUT2D eigenvalue weighted by Crippen LogP contribution is -2.68. The number of piperidine rings is 1. The Balaban J connectivity index is 1.46. The van der Waals surface area contributed by atoms with Crippen molar-refractivity contribution in [3.8, 4) is 11.5 Å². The molecule has 0 bridgehead atoms. The minimum Gasteiger partial charge on any atom is -0.508 e. The van der Waals surface area contributed by atoms with Gasteiger partial charge in [-0.1, -0.05) is 24.3 Å². The number of hydrogen-bond acceptors (Lipinski definition) is 6. The van der Waals surface area contributed by atoms with Crippen molar-refractivity contribution in [1.82, 2.24) is 9.80 Å². The molecule has 1 amide bonds. The molecule has 1 aliphatic heterocycles. The second-order valence-electron chi connectivity index (χ2n) is 11.6. The smallest absolute Gasteiger partial charge is 0.303 e.